The molecule has 0 saturated carbocycles. The summed E-state index contributed by atoms with van der Waals surface area (Å²) in [5.74, 6) is 1.31. The van der Waals surface area contributed by atoms with E-state index in [0.29, 0.717) is 12.1 Å². The number of rotatable bonds is 4. The first-order valence-corrected chi connectivity index (χ1v) is 8.41. The highest BCUT2D eigenvalue weighted by molar-refractivity contribution is 5.89. The Kier molecular flexibility index (Phi) is 4.63. The lowest BCUT2D eigenvalue weighted by molar-refractivity contribution is 0.0600. The summed E-state index contributed by atoms with van der Waals surface area (Å²) < 4.78 is 6.52. The van der Waals surface area contributed by atoms with Crippen molar-refractivity contribution in [1.82, 2.24) is 19.8 Å². The summed E-state index contributed by atoms with van der Waals surface area (Å²) in [5, 5.41) is 13.2. The van der Waals surface area contributed by atoms with E-state index in [0.717, 1.165) is 22.9 Å². The number of fused-ring (bicyclic) bond motifs is 1. The van der Waals surface area contributed by atoms with E-state index >= 15 is 0 Å². The average molecular weight is 353 g/mol. The normalized spacial score (nSPS) is 11.6. The van der Waals surface area contributed by atoms with Crippen LogP contribution in [-0.2, 0) is 16.7 Å². The summed E-state index contributed by atoms with van der Waals surface area (Å²) in [6, 6.07) is 11.2. The van der Waals surface area contributed by atoms with E-state index in [1.807, 2.05) is 36.2 Å². The molecule has 0 saturated heterocycles. The van der Waals surface area contributed by atoms with Crippen LogP contribution in [0.15, 0.2) is 36.4 Å². The van der Waals surface area contributed by atoms with Gasteiger partial charge >= 0.3 is 5.97 Å². The zero-order valence-electron chi connectivity index (χ0n) is 15.7. The maximum Gasteiger partial charge on any atom is 0.337 e. The molecule has 0 spiro atoms. The first-order valence-electron chi connectivity index (χ1n) is 8.41. The Morgan fingerprint density at radius 3 is 2.42 bits per heavy atom. The smallest absolute Gasteiger partial charge is 0.337 e. The molecule has 1 aromatic carbocycles. The highest BCUT2D eigenvalue weighted by Crippen LogP contribution is 2.22. The number of benzene rings is 1. The highest BCUT2D eigenvalue weighted by Gasteiger charge is 2.22. The van der Waals surface area contributed by atoms with Gasteiger partial charge in [0, 0.05) is 19.0 Å². The number of hydrogen-bond donors (Lipinski definition) is 0. The van der Waals surface area contributed by atoms with Gasteiger partial charge in [0.05, 0.1) is 12.7 Å². The predicted molar refractivity (Wildman–Crippen MR) is 99.4 cm³/mol. The predicted octanol–water partition coefficient (Wildman–Crippen LogP) is 2.84. The largest absolute Gasteiger partial charge is 0.465 e. The van der Waals surface area contributed by atoms with Crippen molar-refractivity contribution in [2.45, 2.75) is 32.7 Å². The van der Waals surface area contributed by atoms with Gasteiger partial charge < -0.3 is 9.64 Å². The minimum absolute atomic E-state index is 0.146. The third-order valence-corrected chi connectivity index (χ3v) is 4.11. The molecule has 2 aromatic heterocycles. The van der Waals surface area contributed by atoms with Gasteiger partial charge in [-0.2, -0.15) is 4.52 Å². The lowest BCUT2D eigenvalue weighted by atomic mass is 9.96. The van der Waals surface area contributed by atoms with Crippen LogP contribution in [0.2, 0.25) is 0 Å². The van der Waals surface area contributed by atoms with Crippen LogP contribution in [0.5, 0.6) is 0 Å². The van der Waals surface area contributed by atoms with Crippen molar-refractivity contribution in [2.75, 3.05) is 19.1 Å². The molecule has 0 unspecified atom stereocenters. The van der Waals surface area contributed by atoms with Crippen LogP contribution in [0.25, 0.3) is 5.65 Å². The number of esters is 1. The van der Waals surface area contributed by atoms with Crippen molar-refractivity contribution in [3.63, 3.8) is 0 Å². The fraction of sp³-hybridized carbons (Fsp3) is 0.368. The first-order chi connectivity index (χ1) is 12.3. The number of methoxy groups -OCH3 is 1. The number of carbonyl (C=O) groups excluding carboxylic acids is 1. The number of hydrogen-bond acceptors (Lipinski definition) is 6. The zero-order chi connectivity index (χ0) is 18.9. The van der Waals surface area contributed by atoms with Crippen molar-refractivity contribution in [1.29, 1.82) is 0 Å². The summed E-state index contributed by atoms with van der Waals surface area (Å²) in [5.41, 5.74) is 2.20. The topological polar surface area (TPSA) is 72.6 Å². The Labute approximate surface area is 152 Å². The molecule has 136 valence electrons. The van der Waals surface area contributed by atoms with E-state index in [9.17, 15) is 4.79 Å². The average Bonchev–Trinajstić information content (AvgIpc) is 3.05. The molecular formula is C19H23N5O2. The number of anilines is 1. The van der Waals surface area contributed by atoms with Crippen LogP contribution >= 0.6 is 0 Å². The van der Waals surface area contributed by atoms with Crippen LogP contribution in [0.3, 0.4) is 0 Å². The van der Waals surface area contributed by atoms with Gasteiger partial charge in [-0.1, -0.05) is 32.9 Å². The summed E-state index contributed by atoms with van der Waals surface area (Å²) in [6.07, 6.45) is 0. The number of nitrogens with zero attached hydrogens (tertiary/aromatic N) is 5. The molecule has 0 aliphatic carbocycles. The van der Waals surface area contributed by atoms with E-state index in [4.69, 9.17) is 9.84 Å². The van der Waals surface area contributed by atoms with Gasteiger partial charge in [-0.25, -0.2) is 4.79 Å². The van der Waals surface area contributed by atoms with Crippen molar-refractivity contribution in [2.24, 2.45) is 0 Å². The van der Waals surface area contributed by atoms with Crippen LogP contribution in [0, 0.1) is 0 Å². The second-order valence-corrected chi connectivity index (χ2v) is 7.28. The molecule has 26 heavy (non-hydrogen) atoms. The quantitative estimate of drug-likeness (QED) is 0.672. The second kappa shape index (κ2) is 6.74. The molecule has 0 radical (unpaired) electrons. The maximum atomic E-state index is 11.5. The molecule has 0 aliphatic rings. The molecule has 0 bridgehead atoms. The van der Waals surface area contributed by atoms with Gasteiger partial charge in [0.2, 0.25) is 0 Å². The fourth-order valence-electron chi connectivity index (χ4n) is 2.67. The third kappa shape index (κ3) is 3.51. The molecule has 7 heteroatoms. The van der Waals surface area contributed by atoms with Gasteiger partial charge in [-0.3, -0.25) is 0 Å². The van der Waals surface area contributed by atoms with Gasteiger partial charge in [0.25, 0.3) is 0 Å². The Morgan fingerprint density at radius 2 is 1.81 bits per heavy atom. The van der Waals surface area contributed by atoms with Gasteiger partial charge in [0.15, 0.2) is 11.5 Å². The van der Waals surface area contributed by atoms with E-state index in [1.165, 1.54) is 7.11 Å². The lowest BCUT2D eigenvalue weighted by Crippen LogP contribution is -2.21. The molecule has 0 amide bonds. The molecule has 0 atom stereocenters. The van der Waals surface area contributed by atoms with Crippen molar-refractivity contribution in [3.05, 3.63) is 53.3 Å². The Hall–Kier alpha value is -2.96. The number of ether oxygens (including phenoxy) is 1. The van der Waals surface area contributed by atoms with Gasteiger partial charge in [-0.15, -0.1) is 15.3 Å². The lowest BCUT2D eigenvalue weighted by Gasteiger charge is -2.20. The van der Waals surface area contributed by atoms with Crippen LogP contribution in [0.1, 0.15) is 42.5 Å². The third-order valence-electron chi connectivity index (χ3n) is 4.11. The van der Waals surface area contributed by atoms with Crippen LogP contribution in [0.4, 0.5) is 5.82 Å². The Balaban J connectivity index is 1.83. The standard InChI is InChI=1S/C19H23N5O2/c1-19(2,3)18-21-20-15-10-11-16(22-24(15)18)23(4)12-13-6-8-14(9-7-13)17(25)26-5/h6-11H,12H2,1-5H3. The van der Waals surface area contributed by atoms with E-state index in [2.05, 4.69) is 31.0 Å². The second-order valence-electron chi connectivity index (χ2n) is 7.28. The molecule has 7 nitrogen and oxygen atoms in total. The molecule has 0 fully saturated rings. The van der Waals surface area contributed by atoms with E-state index in [-0.39, 0.29) is 11.4 Å². The van der Waals surface area contributed by atoms with Crippen LogP contribution < -0.4 is 4.90 Å². The Morgan fingerprint density at radius 1 is 1.12 bits per heavy atom. The highest BCUT2D eigenvalue weighted by atomic mass is 16.5. The van der Waals surface area contributed by atoms with Gasteiger partial charge in [0.1, 0.15) is 5.82 Å². The van der Waals surface area contributed by atoms with Crippen molar-refractivity contribution >= 4 is 17.4 Å². The molecular weight excluding hydrogens is 330 g/mol. The Bertz CT molecular complexity index is 925. The SMILES string of the molecule is COC(=O)c1ccc(CN(C)c2ccc3nnc(C(C)(C)C)n3n2)cc1. The van der Waals surface area contributed by atoms with Crippen molar-refractivity contribution < 1.29 is 9.53 Å². The monoisotopic (exact) mass is 353 g/mol. The van der Waals surface area contributed by atoms with Crippen molar-refractivity contribution in [3.8, 4) is 0 Å². The maximum absolute atomic E-state index is 11.5. The van der Waals surface area contributed by atoms with E-state index in [1.54, 1.807) is 16.6 Å². The summed E-state index contributed by atoms with van der Waals surface area (Å²) >= 11 is 0. The fourth-order valence-corrected chi connectivity index (χ4v) is 2.67. The molecule has 3 rings (SSSR count). The summed E-state index contributed by atoms with van der Waals surface area (Å²) in [4.78, 5) is 13.6. The van der Waals surface area contributed by atoms with E-state index < -0.39 is 0 Å². The molecule has 3 aromatic rings. The summed E-state index contributed by atoms with van der Waals surface area (Å²) in [6.45, 7) is 6.92. The minimum atomic E-state index is -0.334. The molecule has 0 aliphatic heterocycles. The minimum Gasteiger partial charge on any atom is -0.465 e. The number of aromatic nitrogens is 4. The van der Waals surface area contributed by atoms with Crippen LogP contribution in [-0.4, -0.2) is 39.9 Å². The molecule has 0 N–H and O–H groups in total. The summed E-state index contributed by atoms with van der Waals surface area (Å²) in [7, 11) is 3.35. The number of carbonyl (C=O) groups is 1. The zero-order valence-corrected chi connectivity index (χ0v) is 15.7. The first kappa shape index (κ1) is 17.8. The van der Waals surface area contributed by atoms with Gasteiger partial charge in [-0.05, 0) is 29.8 Å². The molecule has 2 heterocycles.